The number of nitrogens with one attached hydrogen (secondary N) is 1. The Labute approximate surface area is 128 Å². The van der Waals surface area contributed by atoms with E-state index in [9.17, 15) is 9.59 Å². The fourth-order valence-electron chi connectivity index (χ4n) is 1.76. The van der Waals surface area contributed by atoms with Gasteiger partial charge in [-0.2, -0.15) is 0 Å². The molecule has 0 spiro atoms. The third-order valence-corrected chi connectivity index (χ3v) is 3.22. The van der Waals surface area contributed by atoms with Gasteiger partial charge < -0.3 is 10.2 Å². The second-order valence-corrected chi connectivity index (χ2v) is 5.12. The van der Waals surface area contributed by atoms with Crippen molar-refractivity contribution in [1.29, 1.82) is 0 Å². The SMILES string of the molecule is CN(C)C(=O)Nc1ccc(C(=O)c2ccccc2)c(Cl)c1. The Kier molecular flexibility index (Phi) is 4.60. The van der Waals surface area contributed by atoms with Crippen LogP contribution in [0.2, 0.25) is 5.02 Å². The van der Waals surface area contributed by atoms with E-state index in [2.05, 4.69) is 5.32 Å². The van der Waals surface area contributed by atoms with Crippen LogP contribution >= 0.6 is 11.6 Å². The molecule has 0 unspecified atom stereocenters. The van der Waals surface area contributed by atoms with Crippen LogP contribution in [0.5, 0.6) is 0 Å². The Morgan fingerprint density at radius 2 is 1.71 bits per heavy atom. The normalized spacial score (nSPS) is 10.0. The lowest BCUT2D eigenvalue weighted by atomic mass is 10.0. The minimum Gasteiger partial charge on any atom is -0.331 e. The Bertz CT molecular complexity index is 669. The molecule has 0 radical (unpaired) electrons. The first-order valence-corrected chi connectivity index (χ1v) is 6.74. The molecule has 2 aromatic carbocycles. The first kappa shape index (κ1) is 15.1. The molecule has 2 rings (SSSR count). The van der Waals surface area contributed by atoms with Gasteiger partial charge in [-0.15, -0.1) is 0 Å². The largest absolute Gasteiger partial charge is 0.331 e. The number of halogens is 1. The summed E-state index contributed by atoms with van der Waals surface area (Å²) in [6.45, 7) is 0. The first-order chi connectivity index (χ1) is 9.99. The number of ketones is 1. The quantitative estimate of drug-likeness (QED) is 0.880. The summed E-state index contributed by atoms with van der Waals surface area (Å²) in [5.41, 5.74) is 1.53. The van der Waals surface area contributed by atoms with Crippen LogP contribution in [0.25, 0.3) is 0 Å². The van der Waals surface area contributed by atoms with Crippen molar-refractivity contribution < 1.29 is 9.59 Å². The summed E-state index contributed by atoms with van der Waals surface area (Å²) in [4.78, 5) is 25.3. The lowest BCUT2D eigenvalue weighted by Gasteiger charge is -2.13. The van der Waals surface area contributed by atoms with Crippen LogP contribution in [0.1, 0.15) is 15.9 Å². The number of urea groups is 1. The van der Waals surface area contributed by atoms with Crippen molar-refractivity contribution in [3.05, 3.63) is 64.7 Å². The number of carbonyl (C=O) groups excluding carboxylic acids is 2. The van der Waals surface area contributed by atoms with Crippen LogP contribution < -0.4 is 5.32 Å². The molecule has 0 fully saturated rings. The van der Waals surface area contributed by atoms with Crippen LogP contribution in [0.15, 0.2) is 48.5 Å². The summed E-state index contributed by atoms with van der Waals surface area (Å²) < 4.78 is 0. The Morgan fingerprint density at radius 1 is 1.05 bits per heavy atom. The summed E-state index contributed by atoms with van der Waals surface area (Å²) >= 11 is 6.15. The average molecular weight is 303 g/mol. The topological polar surface area (TPSA) is 49.4 Å². The Hall–Kier alpha value is -2.33. The number of hydrogen-bond acceptors (Lipinski definition) is 2. The van der Waals surface area contributed by atoms with Crippen molar-refractivity contribution in [3.63, 3.8) is 0 Å². The lowest BCUT2D eigenvalue weighted by Crippen LogP contribution is -2.27. The molecule has 0 saturated carbocycles. The van der Waals surface area contributed by atoms with Gasteiger partial charge in [-0.1, -0.05) is 41.9 Å². The van der Waals surface area contributed by atoms with Crippen LogP contribution in [0, 0.1) is 0 Å². The van der Waals surface area contributed by atoms with Gasteiger partial charge in [-0.25, -0.2) is 4.79 Å². The summed E-state index contributed by atoms with van der Waals surface area (Å²) in [6.07, 6.45) is 0. The van der Waals surface area contributed by atoms with Crippen LogP contribution in [0.3, 0.4) is 0 Å². The van der Waals surface area contributed by atoms with Crippen LogP contribution in [-0.2, 0) is 0 Å². The number of nitrogens with zero attached hydrogens (tertiary/aromatic N) is 1. The minimum absolute atomic E-state index is 0.147. The van der Waals surface area contributed by atoms with Gasteiger partial charge in [0.25, 0.3) is 0 Å². The third-order valence-electron chi connectivity index (χ3n) is 2.91. The molecule has 2 amide bonds. The Morgan fingerprint density at radius 3 is 2.29 bits per heavy atom. The number of hydrogen-bond donors (Lipinski definition) is 1. The molecule has 5 heteroatoms. The van der Waals surface area contributed by atoms with Gasteiger partial charge in [0.05, 0.1) is 5.02 Å². The van der Waals surface area contributed by atoms with E-state index in [0.29, 0.717) is 21.8 Å². The maximum Gasteiger partial charge on any atom is 0.321 e. The van der Waals surface area contributed by atoms with Crippen LogP contribution in [-0.4, -0.2) is 30.8 Å². The van der Waals surface area contributed by atoms with E-state index in [4.69, 9.17) is 11.6 Å². The van der Waals surface area contributed by atoms with Crippen molar-refractivity contribution in [1.82, 2.24) is 4.90 Å². The van der Waals surface area contributed by atoms with Gasteiger partial charge in [0, 0.05) is 30.9 Å². The van der Waals surface area contributed by atoms with E-state index in [0.717, 1.165) is 0 Å². The van der Waals surface area contributed by atoms with E-state index in [1.807, 2.05) is 6.07 Å². The number of amides is 2. The van der Waals surface area contributed by atoms with Gasteiger partial charge in [-0.3, -0.25) is 4.79 Å². The maximum atomic E-state index is 12.3. The number of anilines is 1. The molecule has 0 heterocycles. The molecule has 0 atom stereocenters. The van der Waals surface area contributed by atoms with Crippen molar-refractivity contribution in [3.8, 4) is 0 Å². The molecule has 0 bridgehead atoms. The van der Waals surface area contributed by atoms with Crippen molar-refractivity contribution in [2.45, 2.75) is 0 Å². The zero-order chi connectivity index (χ0) is 15.4. The van der Waals surface area contributed by atoms with E-state index >= 15 is 0 Å². The van der Waals surface area contributed by atoms with Gasteiger partial charge in [0.2, 0.25) is 0 Å². The van der Waals surface area contributed by atoms with Crippen molar-refractivity contribution in [2.75, 3.05) is 19.4 Å². The highest BCUT2D eigenvalue weighted by Gasteiger charge is 2.13. The highest BCUT2D eigenvalue weighted by atomic mass is 35.5. The summed E-state index contributed by atoms with van der Waals surface area (Å²) in [5.74, 6) is -0.147. The number of benzene rings is 2. The summed E-state index contributed by atoms with van der Waals surface area (Å²) in [5, 5.41) is 2.99. The first-order valence-electron chi connectivity index (χ1n) is 6.36. The maximum absolute atomic E-state index is 12.3. The van der Waals surface area contributed by atoms with Crippen molar-refractivity contribution in [2.24, 2.45) is 0 Å². The lowest BCUT2D eigenvalue weighted by molar-refractivity contribution is 0.103. The van der Waals surface area contributed by atoms with Gasteiger partial charge in [-0.05, 0) is 18.2 Å². The summed E-state index contributed by atoms with van der Waals surface area (Å²) in [7, 11) is 3.29. The second-order valence-electron chi connectivity index (χ2n) is 4.71. The fourth-order valence-corrected chi connectivity index (χ4v) is 2.02. The number of rotatable bonds is 3. The zero-order valence-electron chi connectivity index (χ0n) is 11.8. The fraction of sp³-hybridized carbons (Fsp3) is 0.125. The third kappa shape index (κ3) is 3.61. The smallest absolute Gasteiger partial charge is 0.321 e. The van der Waals surface area contributed by atoms with E-state index < -0.39 is 0 Å². The Balaban J connectivity index is 2.24. The predicted octanol–water partition coefficient (Wildman–Crippen LogP) is 3.66. The van der Waals surface area contributed by atoms with Crippen molar-refractivity contribution >= 4 is 29.1 Å². The number of carbonyl (C=O) groups is 2. The molecule has 21 heavy (non-hydrogen) atoms. The van der Waals surface area contributed by atoms with Crippen LogP contribution in [0.4, 0.5) is 10.5 Å². The molecule has 0 aliphatic carbocycles. The molecule has 4 nitrogen and oxygen atoms in total. The standard InChI is InChI=1S/C16H15ClN2O2/c1-19(2)16(21)18-12-8-9-13(14(17)10-12)15(20)11-6-4-3-5-7-11/h3-10H,1-2H3,(H,18,21). The van der Waals surface area contributed by atoms with E-state index in [1.54, 1.807) is 56.6 Å². The minimum atomic E-state index is -0.256. The molecule has 2 aromatic rings. The second kappa shape index (κ2) is 6.41. The molecule has 0 aliphatic heterocycles. The molecule has 0 aromatic heterocycles. The molecule has 0 saturated heterocycles. The summed E-state index contributed by atoms with van der Waals surface area (Å²) in [6, 6.07) is 13.5. The van der Waals surface area contributed by atoms with E-state index in [-0.39, 0.29) is 11.8 Å². The molecule has 1 N–H and O–H groups in total. The zero-order valence-corrected chi connectivity index (χ0v) is 12.5. The highest BCUT2D eigenvalue weighted by Crippen LogP contribution is 2.23. The van der Waals surface area contributed by atoms with Gasteiger partial charge >= 0.3 is 6.03 Å². The van der Waals surface area contributed by atoms with E-state index in [1.165, 1.54) is 4.90 Å². The predicted molar refractivity (Wildman–Crippen MR) is 84.0 cm³/mol. The molecule has 0 aliphatic rings. The molecular formula is C16H15ClN2O2. The average Bonchev–Trinajstić information content (AvgIpc) is 2.47. The molecular weight excluding hydrogens is 288 g/mol. The molecule has 108 valence electrons. The van der Waals surface area contributed by atoms with Gasteiger partial charge in [0.15, 0.2) is 5.78 Å². The monoisotopic (exact) mass is 302 g/mol. The highest BCUT2D eigenvalue weighted by molar-refractivity contribution is 6.35. The van der Waals surface area contributed by atoms with Gasteiger partial charge in [0.1, 0.15) is 0 Å².